The van der Waals surface area contributed by atoms with Crippen LogP contribution in [0.3, 0.4) is 0 Å². The van der Waals surface area contributed by atoms with Crippen LogP contribution in [0.1, 0.15) is 19.8 Å². The maximum absolute atomic E-state index is 13.2. The molecule has 2 atom stereocenters. The third-order valence-electron chi connectivity index (χ3n) is 5.94. The van der Waals surface area contributed by atoms with Crippen LogP contribution in [-0.2, 0) is 23.9 Å². The second kappa shape index (κ2) is 11.4. The molecule has 10 nitrogen and oxygen atoms in total. The number of likely N-dealkylation sites (tertiary alicyclic amines) is 1. The lowest BCUT2D eigenvalue weighted by molar-refractivity contribution is -0.148. The monoisotopic (exact) mass is 514 g/mol. The number of halogens is 1. The molecule has 0 spiro atoms. The summed E-state index contributed by atoms with van der Waals surface area (Å²) in [6, 6.07) is 12.1. The smallest absolute Gasteiger partial charge is 0.322 e. The Balaban J connectivity index is 1.45. The normalized spacial score (nSPS) is 19.7. The zero-order valence-electron chi connectivity index (χ0n) is 19.7. The van der Waals surface area contributed by atoms with Crippen molar-refractivity contribution in [3.05, 3.63) is 53.6 Å². The Morgan fingerprint density at radius 2 is 1.72 bits per heavy atom. The number of carbonyl (C=O) groups is 4. The highest BCUT2D eigenvalue weighted by Crippen LogP contribution is 2.25. The first kappa shape index (κ1) is 25.5. The van der Waals surface area contributed by atoms with Crippen LogP contribution in [0.2, 0.25) is 5.02 Å². The fourth-order valence-electron chi connectivity index (χ4n) is 4.09. The third kappa shape index (κ3) is 6.13. The minimum absolute atomic E-state index is 0.0395. The average Bonchev–Trinajstić information content (AvgIpc) is 3.30. The molecule has 2 heterocycles. The number of nitrogens with one attached hydrogen (secondary N) is 2. The Hall–Kier alpha value is -3.63. The summed E-state index contributed by atoms with van der Waals surface area (Å²) in [4.78, 5) is 53.1. The van der Waals surface area contributed by atoms with Crippen molar-refractivity contribution >= 4 is 52.5 Å². The van der Waals surface area contributed by atoms with Crippen LogP contribution in [0.25, 0.3) is 0 Å². The van der Waals surface area contributed by atoms with Gasteiger partial charge in [-0.15, -0.1) is 0 Å². The lowest BCUT2D eigenvalue weighted by atomic mass is 10.1. The van der Waals surface area contributed by atoms with E-state index in [0.29, 0.717) is 35.2 Å². The zero-order valence-corrected chi connectivity index (χ0v) is 20.5. The molecule has 36 heavy (non-hydrogen) atoms. The van der Waals surface area contributed by atoms with Crippen molar-refractivity contribution in [3.8, 4) is 0 Å². The van der Waals surface area contributed by atoms with Gasteiger partial charge in [0.1, 0.15) is 18.8 Å². The highest BCUT2D eigenvalue weighted by Gasteiger charge is 2.41. The van der Waals surface area contributed by atoms with Crippen molar-refractivity contribution < 1.29 is 28.7 Å². The number of anilines is 3. The van der Waals surface area contributed by atoms with E-state index in [1.807, 2.05) is 0 Å². The molecule has 0 radical (unpaired) electrons. The molecule has 11 heteroatoms. The van der Waals surface area contributed by atoms with Crippen LogP contribution in [0, 0.1) is 0 Å². The lowest BCUT2D eigenvalue weighted by Gasteiger charge is -2.27. The fourth-order valence-corrected chi connectivity index (χ4v) is 4.22. The maximum Gasteiger partial charge on any atom is 0.322 e. The summed E-state index contributed by atoms with van der Waals surface area (Å²) in [6.07, 6.45) is -0.229. The molecule has 0 aromatic heterocycles. The Bertz CT molecular complexity index is 1120. The van der Waals surface area contributed by atoms with E-state index in [0.717, 1.165) is 0 Å². The SMILES string of the molecule is CCC(=O)OC1CC(C(=O)Nc2ccc(N3CCOCC3=O)cc2)N(C(=O)Nc2ccc(Cl)cc2)C1. The number of ether oxygens (including phenoxy) is 2. The van der Waals surface area contributed by atoms with Gasteiger partial charge in [0.05, 0.1) is 13.2 Å². The van der Waals surface area contributed by atoms with Gasteiger partial charge in [0.25, 0.3) is 5.91 Å². The van der Waals surface area contributed by atoms with Gasteiger partial charge >= 0.3 is 12.0 Å². The summed E-state index contributed by atoms with van der Waals surface area (Å²) in [7, 11) is 0. The quantitative estimate of drug-likeness (QED) is 0.571. The van der Waals surface area contributed by atoms with Gasteiger partial charge < -0.3 is 29.9 Å². The molecule has 4 rings (SSSR count). The minimum Gasteiger partial charge on any atom is -0.460 e. The maximum atomic E-state index is 13.2. The van der Waals surface area contributed by atoms with E-state index in [-0.39, 0.29) is 31.9 Å². The van der Waals surface area contributed by atoms with E-state index in [4.69, 9.17) is 21.1 Å². The number of rotatable bonds is 6. The van der Waals surface area contributed by atoms with Gasteiger partial charge in [0.2, 0.25) is 5.91 Å². The van der Waals surface area contributed by atoms with Gasteiger partial charge in [-0.05, 0) is 48.5 Å². The van der Waals surface area contributed by atoms with Crippen LogP contribution in [0.5, 0.6) is 0 Å². The fraction of sp³-hybridized carbons (Fsp3) is 0.360. The summed E-state index contributed by atoms with van der Waals surface area (Å²) in [5, 5.41) is 6.11. The molecule has 190 valence electrons. The van der Waals surface area contributed by atoms with Crippen molar-refractivity contribution in [2.75, 3.05) is 41.8 Å². The molecule has 2 N–H and O–H groups in total. The predicted molar refractivity (Wildman–Crippen MR) is 134 cm³/mol. The van der Waals surface area contributed by atoms with E-state index < -0.39 is 30.1 Å². The van der Waals surface area contributed by atoms with Crippen molar-refractivity contribution in [1.29, 1.82) is 0 Å². The molecule has 0 aliphatic carbocycles. The van der Waals surface area contributed by atoms with Crippen molar-refractivity contribution in [1.82, 2.24) is 4.90 Å². The van der Waals surface area contributed by atoms with E-state index in [1.54, 1.807) is 60.4 Å². The van der Waals surface area contributed by atoms with Crippen LogP contribution in [0.15, 0.2) is 48.5 Å². The molecule has 2 fully saturated rings. The first-order chi connectivity index (χ1) is 17.3. The van der Waals surface area contributed by atoms with Crippen LogP contribution >= 0.6 is 11.6 Å². The number of carbonyl (C=O) groups excluding carboxylic acids is 4. The summed E-state index contributed by atoms with van der Waals surface area (Å²) in [5.74, 6) is -0.933. The average molecular weight is 515 g/mol. The topological polar surface area (TPSA) is 117 Å². The first-order valence-electron chi connectivity index (χ1n) is 11.7. The lowest BCUT2D eigenvalue weighted by Crippen LogP contribution is -2.45. The van der Waals surface area contributed by atoms with Gasteiger partial charge in [0.15, 0.2) is 0 Å². The molecular formula is C25H27ClN4O6. The highest BCUT2D eigenvalue weighted by molar-refractivity contribution is 6.30. The number of esters is 1. The standard InChI is InChI=1S/C25H27ClN4O6/c1-2-23(32)36-20-13-21(30(14-20)25(34)28-18-5-3-16(26)4-6-18)24(33)27-17-7-9-19(10-8-17)29-11-12-35-15-22(29)31/h3-10,20-21H,2,11-15H2,1H3,(H,27,33)(H,28,34). The molecule has 0 saturated carbocycles. The second-order valence-electron chi connectivity index (χ2n) is 8.44. The number of morpholine rings is 1. The number of amides is 4. The molecule has 4 amide bonds. The molecule has 2 unspecified atom stereocenters. The Labute approximate surface area is 213 Å². The van der Waals surface area contributed by atoms with Crippen LogP contribution in [-0.4, -0.2) is 67.2 Å². The third-order valence-corrected chi connectivity index (χ3v) is 6.19. The van der Waals surface area contributed by atoms with Crippen molar-refractivity contribution in [3.63, 3.8) is 0 Å². The first-order valence-corrected chi connectivity index (χ1v) is 12.0. The number of hydrogen-bond acceptors (Lipinski definition) is 6. The molecule has 2 saturated heterocycles. The Morgan fingerprint density at radius 1 is 1.06 bits per heavy atom. The van der Waals surface area contributed by atoms with Crippen molar-refractivity contribution in [2.24, 2.45) is 0 Å². The van der Waals surface area contributed by atoms with Gasteiger partial charge in [-0.3, -0.25) is 14.4 Å². The van der Waals surface area contributed by atoms with Gasteiger partial charge in [-0.1, -0.05) is 18.5 Å². The summed E-state index contributed by atoms with van der Waals surface area (Å²) >= 11 is 5.91. The predicted octanol–water partition coefficient (Wildman–Crippen LogP) is 3.27. The molecular weight excluding hydrogens is 488 g/mol. The largest absolute Gasteiger partial charge is 0.460 e. The van der Waals surface area contributed by atoms with E-state index >= 15 is 0 Å². The summed E-state index contributed by atoms with van der Waals surface area (Å²) in [6.45, 7) is 2.73. The second-order valence-corrected chi connectivity index (χ2v) is 8.88. The molecule has 2 aliphatic heterocycles. The zero-order chi connectivity index (χ0) is 25.7. The van der Waals surface area contributed by atoms with Gasteiger partial charge in [-0.2, -0.15) is 0 Å². The molecule has 2 aliphatic rings. The van der Waals surface area contributed by atoms with Gasteiger partial charge in [0, 0.05) is 41.5 Å². The number of urea groups is 1. The van der Waals surface area contributed by atoms with Crippen molar-refractivity contribution in [2.45, 2.75) is 31.9 Å². The summed E-state index contributed by atoms with van der Waals surface area (Å²) < 4.78 is 10.6. The van der Waals surface area contributed by atoms with Gasteiger partial charge in [-0.25, -0.2) is 4.79 Å². The molecule has 0 bridgehead atoms. The highest BCUT2D eigenvalue weighted by atomic mass is 35.5. The van der Waals surface area contributed by atoms with Crippen LogP contribution in [0.4, 0.5) is 21.9 Å². The number of nitrogens with zero attached hydrogens (tertiary/aromatic N) is 2. The Kier molecular flexibility index (Phi) is 8.07. The van der Waals surface area contributed by atoms with Crippen LogP contribution < -0.4 is 15.5 Å². The van der Waals surface area contributed by atoms with E-state index in [1.165, 1.54) is 4.90 Å². The van der Waals surface area contributed by atoms with E-state index in [2.05, 4.69) is 10.6 Å². The van der Waals surface area contributed by atoms with E-state index in [9.17, 15) is 19.2 Å². The molecule has 2 aromatic rings. The number of benzene rings is 2. The minimum atomic E-state index is -0.854. The summed E-state index contributed by atoms with van der Waals surface area (Å²) in [5.41, 5.74) is 1.74. The molecule has 2 aromatic carbocycles. The number of hydrogen-bond donors (Lipinski definition) is 2. The Morgan fingerprint density at radius 3 is 2.39 bits per heavy atom.